The summed E-state index contributed by atoms with van der Waals surface area (Å²) in [6.07, 6.45) is 0.757. The van der Waals surface area contributed by atoms with Crippen molar-refractivity contribution >= 4 is 5.69 Å². The van der Waals surface area contributed by atoms with Crippen molar-refractivity contribution < 1.29 is 19.2 Å². The highest BCUT2D eigenvalue weighted by Gasteiger charge is 2.15. The van der Waals surface area contributed by atoms with Crippen LogP contribution in [0.3, 0.4) is 0 Å². The summed E-state index contributed by atoms with van der Waals surface area (Å²) in [7, 11) is 0. The Bertz CT molecular complexity index is 646. The fourth-order valence-electron chi connectivity index (χ4n) is 1.56. The second-order valence-electron chi connectivity index (χ2n) is 4.08. The minimum atomic E-state index is -0.987. The Hall–Kier alpha value is -2.54. The van der Waals surface area contributed by atoms with Crippen LogP contribution in [-0.4, -0.2) is 15.0 Å². The molecule has 0 spiro atoms. The van der Waals surface area contributed by atoms with Crippen molar-refractivity contribution in [3.05, 3.63) is 58.0 Å². The van der Waals surface area contributed by atoms with Crippen molar-refractivity contribution in [1.29, 1.82) is 0 Å². The van der Waals surface area contributed by atoms with E-state index in [1.807, 2.05) is 0 Å². The van der Waals surface area contributed by atoms with Gasteiger partial charge in [-0.25, -0.2) is 4.98 Å². The lowest BCUT2D eigenvalue weighted by molar-refractivity contribution is -0.387. The normalized spacial score (nSPS) is 11.9. The first-order valence-electron chi connectivity index (χ1n) is 5.73. The van der Waals surface area contributed by atoms with E-state index in [-0.39, 0.29) is 11.6 Å². The molecule has 1 atom stereocenters. The average Bonchev–Trinajstić information content (AvgIpc) is 2.38. The van der Waals surface area contributed by atoms with Crippen molar-refractivity contribution in [2.75, 3.05) is 0 Å². The van der Waals surface area contributed by atoms with Crippen molar-refractivity contribution in [3.8, 4) is 11.6 Å². The molecule has 0 aliphatic heterocycles. The summed E-state index contributed by atoms with van der Waals surface area (Å²) in [5, 5.41) is 19.9. The third-order valence-corrected chi connectivity index (χ3v) is 2.58. The molecule has 7 heteroatoms. The zero-order valence-corrected chi connectivity index (χ0v) is 10.5. The molecular weight excluding hydrogens is 267 g/mol. The average molecular weight is 278 g/mol. The first kappa shape index (κ1) is 13.9. The van der Waals surface area contributed by atoms with Crippen LogP contribution < -0.4 is 4.74 Å². The summed E-state index contributed by atoms with van der Waals surface area (Å²) < 4.78 is 18.7. The van der Waals surface area contributed by atoms with Gasteiger partial charge in [0.15, 0.2) is 0 Å². The molecule has 0 fully saturated rings. The number of nitrogens with zero attached hydrogens (tertiary/aromatic N) is 2. The molecule has 0 saturated heterocycles. The zero-order valence-electron chi connectivity index (χ0n) is 10.5. The van der Waals surface area contributed by atoms with Gasteiger partial charge in [0.2, 0.25) is 11.7 Å². The molecule has 0 saturated carbocycles. The van der Waals surface area contributed by atoms with Gasteiger partial charge in [-0.2, -0.15) is 4.39 Å². The lowest BCUT2D eigenvalue weighted by Crippen LogP contribution is -1.96. The summed E-state index contributed by atoms with van der Waals surface area (Å²) in [4.78, 5) is 13.6. The molecule has 0 bridgehead atoms. The van der Waals surface area contributed by atoms with Crippen LogP contribution in [0.25, 0.3) is 0 Å². The fraction of sp³-hybridized carbons (Fsp3) is 0.154. The van der Waals surface area contributed by atoms with Gasteiger partial charge < -0.3 is 9.84 Å². The highest BCUT2D eigenvalue weighted by molar-refractivity contribution is 5.39. The Morgan fingerprint density at radius 2 is 2.15 bits per heavy atom. The van der Waals surface area contributed by atoms with Gasteiger partial charge in [-0.1, -0.05) is 0 Å². The highest BCUT2D eigenvalue weighted by atomic mass is 19.1. The van der Waals surface area contributed by atoms with Gasteiger partial charge in [0.25, 0.3) is 0 Å². The van der Waals surface area contributed by atoms with Crippen LogP contribution in [-0.2, 0) is 0 Å². The van der Waals surface area contributed by atoms with Gasteiger partial charge in [-0.05, 0) is 24.6 Å². The Balaban J connectivity index is 2.24. The van der Waals surface area contributed by atoms with Crippen LogP contribution in [0.1, 0.15) is 18.6 Å². The van der Waals surface area contributed by atoms with Crippen LogP contribution in [0.2, 0.25) is 0 Å². The quantitative estimate of drug-likeness (QED) is 0.686. The van der Waals surface area contributed by atoms with Gasteiger partial charge in [0, 0.05) is 24.4 Å². The van der Waals surface area contributed by atoms with Crippen molar-refractivity contribution in [1.82, 2.24) is 4.98 Å². The third-order valence-electron chi connectivity index (χ3n) is 2.58. The summed E-state index contributed by atoms with van der Waals surface area (Å²) in [5.74, 6) is -0.737. The highest BCUT2D eigenvalue weighted by Crippen LogP contribution is 2.26. The number of aromatic nitrogens is 1. The monoisotopic (exact) mass is 278 g/mol. The summed E-state index contributed by atoms with van der Waals surface area (Å²) >= 11 is 0. The van der Waals surface area contributed by atoms with Crippen molar-refractivity contribution in [2.24, 2.45) is 0 Å². The molecule has 1 aromatic carbocycles. The van der Waals surface area contributed by atoms with Crippen LogP contribution >= 0.6 is 0 Å². The molecular formula is C13H11FN2O4. The predicted molar refractivity (Wildman–Crippen MR) is 68.0 cm³/mol. The van der Waals surface area contributed by atoms with Crippen molar-refractivity contribution in [2.45, 2.75) is 13.0 Å². The van der Waals surface area contributed by atoms with Gasteiger partial charge >= 0.3 is 5.69 Å². The Morgan fingerprint density at radius 1 is 1.40 bits per heavy atom. The lowest BCUT2D eigenvalue weighted by atomic mass is 10.2. The SMILES string of the molecule is CC(O)c1ccnc(Oc2ccc([N+](=O)[O-])c(F)c2)c1. The van der Waals surface area contributed by atoms with E-state index in [1.165, 1.54) is 18.3 Å². The molecule has 104 valence electrons. The lowest BCUT2D eigenvalue weighted by Gasteiger charge is -2.08. The van der Waals surface area contributed by atoms with Crippen LogP contribution in [0, 0.1) is 15.9 Å². The van der Waals surface area contributed by atoms with Gasteiger partial charge in [0.1, 0.15) is 5.75 Å². The predicted octanol–water partition coefficient (Wildman–Crippen LogP) is 2.97. The number of hydrogen-bond donors (Lipinski definition) is 1. The Kier molecular flexibility index (Phi) is 3.90. The molecule has 1 heterocycles. The van der Waals surface area contributed by atoms with Crippen LogP contribution in [0.5, 0.6) is 11.6 Å². The number of nitro groups is 1. The minimum Gasteiger partial charge on any atom is -0.439 e. The number of ether oxygens (including phenoxy) is 1. The maximum atomic E-state index is 13.4. The van der Waals surface area contributed by atoms with E-state index in [9.17, 15) is 19.6 Å². The van der Waals surface area contributed by atoms with Gasteiger partial charge in [-0.15, -0.1) is 0 Å². The number of aliphatic hydroxyl groups excluding tert-OH is 1. The van der Waals surface area contributed by atoms with E-state index >= 15 is 0 Å². The molecule has 0 aliphatic carbocycles. The number of benzene rings is 1. The number of halogens is 1. The molecule has 1 unspecified atom stereocenters. The second-order valence-corrected chi connectivity index (χ2v) is 4.08. The molecule has 0 radical (unpaired) electrons. The van der Waals surface area contributed by atoms with Crippen molar-refractivity contribution in [3.63, 3.8) is 0 Å². The molecule has 2 aromatic rings. The number of aliphatic hydroxyl groups is 1. The van der Waals surface area contributed by atoms with E-state index in [2.05, 4.69) is 4.98 Å². The maximum Gasteiger partial charge on any atom is 0.305 e. The van der Waals surface area contributed by atoms with Gasteiger partial charge in [-0.3, -0.25) is 10.1 Å². The zero-order chi connectivity index (χ0) is 14.7. The first-order chi connectivity index (χ1) is 9.47. The molecule has 0 amide bonds. The topological polar surface area (TPSA) is 85.5 Å². The molecule has 6 nitrogen and oxygen atoms in total. The standard InChI is InChI=1S/C13H11FN2O4/c1-8(17)9-4-5-15-13(6-9)20-10-2-3-12(16(18)19)11(14)7-10/h2-8,17H,1H3. The number of pyridine rings is 1. The molecule has 1 aromatic heterocycles. The molecule has 20 heavy (non-hydrogen) atoms. The Labute approximate surface area is 113 Å². The van der Waals surface area contributed by atoms with Gasteiger partial charge in [0.05, 0.1) is 11.0 Å². The van der Waals surface area contributed by atoms with Crippen LogP contribution in [0.15, 0.2) is 36.5 Å². The Morgan fingerprint density at radius 3 is 2.75 bits per heavy atom. The first-order valence-corrected chi connectivity index (χ1v) is 5.73. The second kappa shape index (κ2) is 5.62. The fourth-order valence-corrected chi connectivity index (χ4v) is 1.56. The number of nitro benzene ring substituents is 1. The number of rotatable bonds is 4. The molecule has 0 aliphatic rings. The summed E-state index contributed by atoms with van der Waals surface area (Å²) in [6, 6.07) is 6.33. The molecule has 1 N–H and O–H groups in total. The number of hydrogen-bond acceptors (Lipinski definition) is 5. The van der Waals surface area contributed by atoms with E-state index in [0.29, 0.717) is 5.56 Å². The third kappa shape index (κ3) is 3.07. The maximum absolute atomic E-state index is 13.4. The van der Waals surface area contributed by atoms with Crippen LogP contribution in [0.4, 0.5) is 10.1 Å². The van der Waals surface area contributed by atoms with E-state index in [0.717, 1.165) is 12.1 Å². The van der Waals surface area contributed by atoms with E-state index < -0.39 is 22.5 Å². The smallest absolute Gasteiger partial charge is 0.305 e. The largest absolute Gasteiger partial charge is 0.439 e. The minimum absolute atomic E-state index is 0.0864. The summed E-state index contributed by atoms with van der Waals surface area (Å²) in [6.45, 7) is 1.59. The van der Waals surface area contributed by atoms with E-state index in [1.54, 1.807) is 13.0 Å². The molecule has 2 rings (SSSR count). The summed E-state index contributed by atoms with van der Waals surface area (Å²) in [5.41, 5.74) is -0.0274. The van der Waals surface area contributed by atoms with E-state index in [4.69, 9.17) is 4.74 Å².